The van der Waals surface area contributed by atoms with E-state index in [4.69, 9.17) is 21.4 Å². The molecule has 1 fully saturated rings. The summed E-state index contributed by atoms with van der Waals surface area (Å²) in [6.07, 6.45) is 0. The van der Waals surface area contributed by atoms with Gasteiger partial charge in [0.05, 0.1) is 13.2 Å². The third kappa shape index (κ3) is 3.20. The Morgan fingerprint density at radius 1 is 1.50 bits per heavy atom. The van der Waals surface area contributed by atoms with E-state index in [0.717, 1.165) is 5.56 Å². The standard InChI is InChI=1S/C13H15ClN2O4/c1-8-2-3-9(14)6-10(8)15-13(19)16-4-5-20-7-11(16)12(17)18/h2-3,6,11H,4-5,7H2,1H3,(H,15,19)(H,17,18). The van der Waals surface area contributed by atoms with Gasteiger partial charge in [0.2, 0.25) is 0 Å². The number of anilines is 1. The van der Waals surface area contributed by atoms with Gasteiger partial charge in [-0.1, -0.05) is 17.7 Å². The number of carbonyl (C=O) groups excluding carboxylic acids is 1. The average Bonchev–Trinajstić information content (AvgIpc) is 2.42. The molecule has 6 nitrogen and oxygen atoms in total. The second kappa shape index (κ2) is 6.11. The van der Waals surface area contributed by atoms with Crippen LogP contribution < -0.4 is 5.32 Å². The number of ether oxygens (including phenoxy) is 1. The van der Waals surface area contributed by atoms with E-state index in [-0.39, 0.29) is 13.2 Å². The first-order valence-electron chi connectivity index (χ1n) is 6.13. The second-order valence-corrected chi connectivity index (χ2v) is 4.95. The fourth-order valence-corrected chi connectivity index (χ4v) is 2.14. The molecule has 108 valence electrons. The maximum atomic E-state index is 12.2. The lowest BCUT2D eigenvalue weighted by atomic mass is 10.2. The number of hydrogen-bond acceptors (Lipinski definition) is 3. The molecule has 20 heavy (non-hydrogen) atoms. The van der Waals surface area contributed by atoms with Crippen LogP contribution in [0.1, 0.15) is 5.56 Å². The number of morpholine rings is 1. The predicted molar refractivity (Wildman–Crippen MR) is 74.2 cm³/mol. The zero-order valence-corrected chi connectivity index (χ0v) is 11.7. The van der Waals surface area contributed by atoms with Crippen molar-refractivity contribution in [2.24, 2.45) is 0 Å². The minimum absolute atomic E-state index is 0.00270. The van der Waals surface area contributed by atoms with Crippen molar-refractivity contribution in [3.8, 4) is 0 Å². The monoisotopic (exact) mass is 298 g/mol. The molecule has 2 amide bonds. The highest BCUT2D eigenvalue weighted by atomic mass is 35.5. The third-order valence-electron chi connectivity index (χ3n) is 3.12. The highest BCUT2D eigenvalue weighted by Gasteiger charge is 2.32. The van der Waals surface area contributed by atoms with E-state index in [0.29, 0.717) is 17.3 Å². The maximum absolute atomic E-state index is 12.2. The van der Waals surface area contributed by atoms with E-state index in [9.17, 15) is 9.59 Å². The molecule has 1 unspecified atom stereocenters. The number of benzene rings is 1. The quantitative estimate of drug-likeness (QED) is 0.875. The van der Waals surface area contributed by atoms with Crippen LogP contribution in [0.4, 0.5) is 10.5 Å². The molecule has 1 aromatic carbocycles. The van der Waals surface area contributed by atoms with Crippen molar-refractivity contribution in [2.45, 2.75) is 13.0 Å². The normalized spacial score (nSPS) is 18.7. The highest BCUT2D eigenvalue weighted by molar-refractivity contribution is 6.31. The molecular formula is C13H15ClN2O4. The van der Waals surface area contributed by atoms with E-state index in [2.05, 4.69) is 5.32 Å². The third-order valence-corrected chi connectivity index (χ3v) is 3.35. The maximum Gasteiger partial charge on any atom is 0.328 e. The summed E-state index contributed by atoms with van der Waals surface area (Å²) in [5.74, 6) is -1.08. The number of urea groups is 1. The zero-order chi connectivity index (χ0) is 14.7. The summed E-state index contributed by atoms with van der Waals surface area (Å²) in [7, 11) is 0. The Hall–Kier alpha value is -1.79. The molecule has 0 radical (unpaired) electrons. The van der Waals surface area contributed by atoms with Gasteiger partial charge in [0.25, 0.3) is 0 Å². The van der Waals surface area contributed by atoms with E-state index in [1.807, 2.05) is 6.92 Å². The van der Waals surface area contributed by atoms with Crippen LogP contribution in [0.3, 0.4) is 0 Å². The second-order valence-electron chi connectivity index (χ2n) is 4.51. The fourth-order valence-electron chi connectivity index (χ4n) is 1.97. The summed E-state index contributed by atoms with van der Waals surface area (Å²) in [4.78, 5) is 24.6. The minimum atomic E-state index is -1.08. The number of rotatable bonds is 2. The number of carboxylic acids is 1. The number of carbonyl (C=O) groups is 2. The molecule has 0 aromatic heterocycles. The molecule has 1 atom stereocenters. The molecular weight excluding hydrogens is 284 g/mol. The number of carboxylic acid groups (broad SMARTS) is 1. The van der Waals surface area contributed by atoms with Gasteiger partial charge < -0.3 is 20.1 Å². The Balaban J connectivity index is 2.14. The van der Waals surface area contributed by atoms with Crippen molar-refractivity contribution in [3.05, 3.63) is 28.8 Å². The van der Waals surface area contributed by atoms with Gasteiger partial charge in [-0.2, -0.15) is 0 Å². The molecule has 1 aliphatic rings. The molecule has 1 aliphatic heterocycles. The zero-order valence-electron chi connectivity index (χ0n) is 10.9. The lowest BCUT2D eigenvalue weighted by Crippen LogP contribution is -2.54. The largest absolute Gasteiger partial charge is 0.480 e. The van der Waals surface area contributed by atoms with E-state index in [1.54, 1.807) is 18.2 Å². The van der Waals surface area contributed by atoms with Crippen LogP contribution in [0.15, 0.2) is 18.2 Å². The van der Waals surface area contributed by atoms with Gasteiger partial charge in [-0.05, 0) is 24.6 Å². The summed E-state index contributed by atoms with van der Waals surface area (Å²) >= 11 is 5.89. The van der Waals surface area contributed by atoms with Crippen LogP contribution in [0.25, 0.3) is 0 Å². The van der Waals surface area contributed by atoms with Gasteiger partial charge in [0.1, 0.15) is 0 Å². The summed E-state index contributed by atoms with van der Waals surface area (Å²) < 4.78 is 5.09. The molecule has 0 aliphatic carbocycles. The van der Waals surface area contributed by atoms with Crippen molar-refractivity contribution in [1.29, 1.82) is 0 Å². The van der Waals surface area contributed by atoms with Crippen LogP contribution in [0, 0.1) is 6.92 Å². The number of nitrogens with one attached hydrogen (secondary N) is 1. The number of hydrogen-bond donors (Lipinski definition) is 2. The Labute approximate surface area is 121 Å². The molecule has 0 bridgehead atoms. The molecule has 2 N–H and O–H groups in total. The van der Waals surface area contributed by atoms with Gasteiger partial charge in [0.15, 0.2) is 6.04 Å². The van der Waals surface area contributed by atoms with Crippen LogP contribution in [0.5, 0.6) is 0 Å². The average molecular weight is 299 g/mol. The van der Waals surface area contributed by atoms with Gasteiger partial charge in [-0.3, -0.25) is 0 Å². The molecule has 0 saturated carbocycles. The van der Waals surface area contributed by atoms with E-state index in [1.165, 1.54) is 4.90 Å². The van der Waals surface area contributed by atoms with Gasteiger partial charge >= 0.3 is 12.0 Å². The first-order chi connectivity index (χ1) is 9.49. The summed E-state index contributed by atoms with van der Waals surface area (Å²) in [5.41, 5.74) is 1.42. The van der Waals surface area contributed by atoms with Crippen molar-refractivity contribution < 1.29 is 19.4 Å². The molecule has 1 heterocycles. The highest BCUT2D eigenvalue weighted by Crippen LogP contribution is 2.21. The number of aliphatic carboxylic acids is 1. The topological polar surface area (TPSA) is 78.9 Å². The predicted octanol–water partition coefficient (Wildman–Crippen LogP) is 1.97. The lowest BCUT2D eigenvalue weighted by Gasteiger charge is -2.32. The first kappa shape index (κ1) is 14.6. The number of halogens is 1. The number of amides is 2. The summed E-state index contributed by atoms with van der Waals surface area (Å²) in [5, 5.41) is 12.3. The molecule has 7 heteroatoms. The minimum Gasteiger partial charge on any atom is -0.480 e. The van der Waals surface area contributed by atoms with Gasteiger partial charge in [-0.15, -0.1) is 0 Å². The van der Waals surface area contributed by atoms with Crippen molar-refractivity contribution in [3.63, 3.8) is 0 Å². The SMILES string of the molecule is Cc1ccc(Cl)cc1NC(=O)N1CCOCC1C(=O)O. The van der Waals surface area contributed by atoms with Crippen LogP contribution in [-0.2, 0) is 9.53 Å². The van der Waals surface area contributed by atoms with Crippen LogP contribution in [-0.4, -0.2) is 47.8 Å². The fraction of sp³-hybridized carbons (Fsp3) is 0.385. The number of aryl methyl sites for hydroxylation is 1. The Bertz CT molecular complexity index is 535. The van der Waals surface area contributed by atoms with E-state index >= 15 is 0 Å². The first-order valence-corrected chi connectivity index (χ1v) is 6.51. The smallest absolute Gasteiger partial charge is 0.328 e. The van der Waals surface area contributed by atoms with Gasteiger partial charge in [0, 0.05) is 17.3 Å². The van der Waals surface area contributed by atoms with E-state index < -0.39 is 18.0 Å². The molecule has 2 rings (SSSR count). The van der Waals surface area contributed by atoms with Crippen molar-refractivity contribution in [1.82, 2.24) is 4.90 Å². The molecule has 0 spiro atoms. The lowest BCUT2D eigenvalue weighted by molar-refractivity contribution is -0.147. The van der Waals surface area contributed by atoms with Gasteiger partial charge in [-0.25, -0.2) is 9.59 Å². The van der Waals surface area contributed by atoms with Crippen molar-refractivity contribution in [2.75, 3.05) is 25.1 Å². The van der Waals surface area contributed by atoms with Crippen LogP contribution in [0.2, 0.25) is 5.02 Å². The van der Waals surface area contributed by atoms with Crippen molar-refractivity contribution >= 4 is 29.3 Å². The number of nitrogens with zero attached hydrogens (tertiary/aromatic N) is 1. The summed E-state index contributed by atoms with van der Waals surface area (Å²) in [6.45, 7) is 2.39. The van der Waals surface area contributed by atoms with Crippen LogP contribution >= 0.6 is 11.6 Å². The Morgan fingerprint density at radius 2 is 2.25 bits per heavy atom. The Kier molecular flexibility index (Phi) is 4.46. The molecule has 1 saturated heterocycles. The Morgan fingerprint density at radius 3 is 2.95 bits per heavy atom. The molecule has 1 aromatic rings. The summed E-state index contributed by atoms with van der Waals surface area (Å²) in [6, 6.07) is 3.70.